The van der Waals surface area contributed by atoms with Gasteiger partial charge in [0.1, 0.15) is 0 Å². The molecule has 0 heterocycles. The molecular weight excluding hydrogens is 286 g/mol. The van der Waals surface area contributed by atoms with Gasteiger partial charge in [-0.15, -0.1) is 0 Å². The van der Waals surface area contributed by atoms with E-state index in [1.807, 2.05) is 0 Å². The first-order valence-electron chi connectivity index (χ1n) is 7.25. The lowest BCUT2D eigenvalue weighted by Crippen LogP contribution is -2.31. The molecule has 0 spiro atoms. The Morgan fingerprint density at radius 3 is 2.32 bits per heavy atom. The van der Waals surface area contributed by atoms with E-state index in [-0.39, 0.29) is 18.7 Å². The van der Waals surface area contributed by atoms with E-state index in [0.29, 0.717) is 24.3 Å². The van der Waals surface area contributed by atoms with Gasteiger partial charge in [-0.25, -0.2) is 4.79 Å². The van der Waals surface area contributed by atoms with Crippen LogP contribution in [0.5, 0.6) is 0 Å². The number of hydrogen-bond donors (Lipinski definition) is 1. The van der Waals surface area contributed by atoms with Crippen molar-refractivity contribution in [1.29, 1.82) is 0 Å². The third kappa shape index (κ3) is 5.55. The van der Waals surface area contributed by atoms with Crippen molar-refractivity contribution in [1.82, 2.24) is 0 Å². The van der Waals surface area contributed by atoms with Crippen molar-refractivity contribution in [3.05, 3.63) is 29.8 Å². The topological polar surface area (TPSA) is 95.5 Å². The Morgan fingerprint density at radius 1 is 1.18 bits per heavy atom. The van der Waals surface area contributed by atoms with Crippen LogP contribution < -0.4 is 10.4 Å². The molecule has 0 aliphatic carbocycles. The molecule has 120 valence electrons. The number of carboxylic acids is 1. The number of benzene rings is 1. The molecule has 0 aliphatic rings. The second-order valence-electron chi connectivity index (χ2n) is 4.81. The SMILES string of the molecule is CCOC(=O)c1ccc(NC(=O)CC[C@H](CC)C(=O)[O-])cc1. The molecule has 0 unspecified atom stereocenters. The average Bonchev–Trinajstić information content (AvgIpc) is 2.48. The molecular formula is C16H20NO5-. The van der Waals surface area contributed by atoms with Crippen LogP contribution in [-0.4, -0.2) is 24.5 Å². The molecule has 1 rings (SSSR count). The zero-order chi connectivity index (χ0) is 16.5. The van der Waals surface area contributed by atoms with Crippen LogP contribution in [0.3, 0.4) is 0 Å². The summed E-state index contributed by atoms with van der Waals surface area (Å²) < 4.78 is 4.86. The van der Waals surface area contributed by atoms with E-state index >= 15 is 0 Å². The molecule has 0 saturated carbocycles. The van der Waals surface area contributed by atoms with E-state index in [1.54, 1.807) is 38.1 Å². The van der Waals surface area contributed by atoms with Gasteiger partial charge in [-0.2, -0.15) is 0 Å². The monoisotopic (exact) mass is 306 g/mol. The molecule has 1 aromatic carbocycles. The average molecular weight is 306 g/mol. The van der Waals surface area contributed by atoms with Crippen LogP contribution in [0.1, 0.15) is 43.5 Å². The smallest absolute Gasteiger partial charge is 0.338 e. The molecule has 0 aliphatic heterocycles. The van der Waals surface area contributed by atoms with Gasteiger partial charge >= 0.3 is 5.97 Å². The number of carbonyl (C=O) groups is 3. The normalized spacial score (nSPS) is 11.5. The zero-order valence-electron chi connectivity index (χ0n) is 12.8. The minimum atomic E-state index is -1.13. The van der Waals surface area contributed by atoms with Gasteiger partial charge < -0.3 is 20.0 Å². The molecule has 6 nitrogen and oxygen atoms in total. The molecule has 0 aromatic heterocycles. The van der Waals surface area contributed by atoms with Gasteiger partial charge in [0, 0.05) is 18.1 Å². The maximum absolute atomic E-state index is 11.8. The highest BCUT2D eigenvalue weighted by Crippen LogP contribution is 2.14. The molecule has 1 N–H and O–H groups in total. The summed E-state index contributed by atoms with van der Waals surface area (Å²) in [4.78, 5) is 34.0. The number of hydrogen-bond acceptors (Lipinski definition) is 5. The molecule has 1 amide bonds. The number of rotatable bonds is 8. The van der Waals surface area contributed by atoms with E-state index in [0.717, 1.165) is 0 Å². The lowest BCUT2D eigenvalue weighted by molar-refractivity contribution is -0.311. The molecule has 0 bridgehead atoms. The highest BCUT2D eigenvalue weighted by atomic mass is 16.5. The van der Waals surface area contributed by atoms with E-state index in [2.05, 4.69) is 5.32 Å². The Kier molecular flexibility index (Phi) is 7.08. The number of ether oxygens (including phenoxy) is 1. The summed E-state index contributed by atoms with van der Waals surface area (Å²) in [5, 5.41) is 13.4. The number of anilines is 1. The predicted molar refractivity (Wildman–Crippen MR) is 79.1 cm³/mol. The van der Waals surface area contributed by atoms with Gasteiger partial charge in [-0.05, 0) is 49.9 Å². The Morgan fingerprint density at radius 2 is 1.82 bits per heavy atom. The third-order valence-electron chi connectivity index (χ3n) is 3.23. The van der Waals surface area contributed by atoms with Crippen molar-refractivity contribution in [2.45, 2.75) is 33.1 Å². The van der Waals surface area contributed by atoms with Gasteiger partial charge in [0.2, 0.25) is 5.91 Å². The first-order valence-corrected chi connectivity index (χ1v) is 7.25. The number of nitrogens with one attached hydrogen (secondary N) is 1. The van der Waals surface area contributed by atoms with Crippen molar-refractivity contribution >= 4 is 23.5 Å². The predicted octanol–water partition coefficient (Wildman–Crippen LogP) is 1.36. The maximum Gasteiger partial charge on any atom is 0.338 e. The van der Waals surface area contributed by atoms with Crippen LogP contribution in [0.2, 0.25) is 0 Å². The summed E-state index contributed by atoms with van der Waals surface area (Å²) in [6, 6.07) is 6.31. The fraction of sp³-hybridized carbons (Fsp3) is 0.438. The van der Waals surface area contributed by atoms with Gasteiger partial charge in [0.05, 0.1) is 12.2 Å². The van der Waals surface area contributed by atoms with Gasteiger partial charge in [-0.1, -0.05) is 6.92 Å². The minimum absolute atomic E-state index is 0.103. The van der Waals surface area contributed by atoms with E-state index in [1.165, 1.54) is 0 Å². The highest BCUT2D eigenvalue weighted by molar-refractivity contribution is 5.93. The van der Waals surface area contributed by atoms with Gasteiger partial charge in [0.25, 0.3) is 0 Å². The van der Waals surface area contributed by atoms with Crippen LogP contribution in [0.25, 0.3) is 0 Å². The molecule has 0 saturated heterocycles. The summed E-state index contributed by atoms with van der Waals surface area (Å²) >= 11 is 0. The summed E-state index contributed by atoms with van der Waals surface area (Å²) in [5.41, 5.74) is 0.947. The number of carbonyl (C=O) groups excluding carboxylic acids is 3. The molecule has 1 atom stereocenters. The highest BCUT2D eigenvalue weighted by Gasteiger charge is 2.11. The second kappa shape index (κ2) is 8.81. The van der Waals surface area contributed by atoms with Crippen LogP contribution in [-0.2, 0) is 14.3 Å². The second-order valence-corrected chi connectivity index (χ2v) is 4.81. The molecule has 0 fully saturated rings. The molecule has 22 heavy (non-hydrogen) atoms. The van der Waals surface area contributed by atoms with Gasteiger partial charge in [0.15, 0.2) is 0 Å². The van der Waals surface area contributed by atoms with Crippen LogP contribution in [0, 0.1) is 5.92 Å². The van der Waals surface area contributed by atoms with Crippen LogP contribution >= 0.6 is 0 Å². The Hall–Kier alpha value is -2.37. The quantitative estimate of drug-likeness (QED) is 0.732. The fourth-order valence-electron chi connectivity index (χ4n) is 1.92. The zero-order valence-corrected chi connectivity index (χ0v) is 12.8. The van der Waals surface area contributed by atoms with E-state index in [4.69, 9.17) is 4.74 Å². The lowest BCUT2D eigenvalue weighted by Gasteiger charge is -2.15. The number of esters is 1. The van der Waals surface area contributed by atoms with E-state index < -0.39 is 17.9 Å². The summed E-state index contributed by atoms with van der Waals surface area (Å²) in [6.07, 6.45) is 0.779. The van der Waals surface area contributed by atoms with Crippen molar-refractivity contribution < 1.29 is 24.2 Å². The Bertz CT molecular complexity index is 524. The van der Waals surface area contributed by atoms with Crippen molar-refractivity contribution in [2.24, 2.45) is 5.92 Å². The van der Waals surface area contributed by atoms with Crippen LogP contribution in [0.4, 0.5) is 5.69 Å². The maximum atomic E-state index is 11.8. The molecule has 6 heteroatoms. The first kappa shape index (κ1) is 17.7. The fourth-order valence-corrected chi connectivity index (χ4v) is 1.92. The molecule has 0 radical (unpaired) electrons. The van der Waals surface area contributed by atoms with E-state index in [9.17, 15) is 19.5 Å². The standard InChI is InChI=1S/C16H21NO5/c1-3-11(15(19)20)7-10-14(18)17-13-8-5-12(6-9-13)16(21)22-4-2/h5-6,8-9,11H,3-4,7,10H2,1-2H3,(H,17,18)(H,19,20)/p-1/t11-/m0/s1. The van der Waals surface area contributed by atoms with Crippen LogP contribution in [0.15, 0.2) is 24.3 Å². The van der Waals surface area contributed by atoms with Crippen molar-refractivity contribution in [3.8, 4) is 0 Å². The van der Waals surface area contributed by atoms with Crippen molar-refractivity contribution in [3.63, 3.8) is 0 Å². The lowest BCUT2D eigenvalue weighted by atomic mass is 10.0. The minimum Gasteiger partial charge on any atom is -0.550 e. The summed E-state index contributed by atoms with van der Waals surface area (Å²) in [5.74, 6) is -2.44. The Balaban J connectivity index is 2.51. The third-order valence-corrected chi connectivity index (χ3v) is 3.23. The Labute approximate surface area is 129 Å². The number of amides is 1. The van der Waals surface area contributed by atoms with Gasteiger partial charge in [-0.3, -0.25) is 4.79 Å². The van der Waals surface area contributed by atoms with Crippen molar-refractivity contribution in [2.75, 3.05) is 11.9 Å². The number of aliphatic carboxylic acids is 1. The largest absolute Gasteiger partial charge is 0.550 e. The first-order chi connectivity index (χ1) is 10.5. The summed E-state index contributed by atoms with van der Waals surface area (Å²) in [6.45, 7) is 3.77. The number of carboxylic acid groups (broad SMARTS) is 1. The molecule has 1 aromatic rings. The summed E-state index contributed by atoms with van der Waals surface area (Å²) in [7, 11) is 0.